The lowest BCUT2D eigenvalue weighted by atomic mass is 10.3. The number of nitrogens with zero attached hydrogens (tertiary/aromatic N) is 2. The van der Waals surface area contributed by atoms with Crippen LogP contribution < -0.4 is 0 Å². The summed E-state index contributed by atoms with van der Waals surface area (Å²) in [6.07, 6.45) is 2.19. The van der Waals surface area contributed by atoms with Crippen molar-refractivity contribution in [2.75, 3.05) is 0 Å². The molecule has 2 N–H and O–H groups in total. The lowest BCUT2D eigenvalue weighted by Gasteiger charge is -1.95. The largest absolute Gasteiger partial charge is 0.478 e. The van der Waals surface area contributed by atoms with Crippen molar-refractivity contribution in [1.29, 1.82) is 0 Å². The summed E-state index contributed by atoms with van der Waals surface area (Å²) in [5, 5.41) is 8.47. The van der Waals surface area contributed by atoms with E-state index in [1.54, 1.807) is 0 Å². The van der Waals surface area contributed by atoms with E-state index in [4.69, 9.17) is 9.66 Å². The molecular weight excluding hydrogens is 196 g/mol. The molecule has 0 saturated heterocycles. The van der Waals surface area contributed by atoms with E-state index < -0.39 is 17.0 Å². The molecule has 0 aromatic carbocycles. The number of aromatic nitrogens is 2. The number of hydrogen-bond donors (Lipinski definition) is 2. The Balaban J connectivity index is 2.81. The average Bonchev–Trinajstić information content (AvgIpc) is 2.04. The molecule has 0 amide bonds. The topological polar surface area (TPSA) is 100 Å². The van der Waals surface area contributed by atoms with E-state index in [2.05, 4.69) is 9.97 Å². The molecule has 0 saturated carbocycles. The minimum atomic E-state index is -2.01. The molecule has 0 bridgehead atoms. The molecule has 7 heteroatoms. The average molecular weight is 202 g/mol. The predicted molar refractivity (Wildman–Crippen MR) is 43.5 cm³/mol. The summed E-state index contributed by atoms with van der Waals surface area (Å²) in [4.78, 5) is 17.5. The van der Waals surface area contributed by atoms with Gasteiger partial charge in [0.25, 0.3) is 0 Å². The quantitative estimate of drug-likeness (QED) is 0.663. The second-order valence-corrected chi connectivity index (χ2v) is 3.09. The van der Waals surface area contributed by atoms with Gasteiger partial charge in [-0.25, -0.2) is 19.0 Å². The van der Waals surface area contributed by atoms with Crippen LogP contribution in [0, 0.1) is 0 Å². The SMILES string of the molecule is O=C(O)c1cnc(CS(=O)O)nc1. The Morgan fingerprint density at radius 1 is 1.46 bits per heavy atom. The zero-order valence-corrected chi connectivity index (χ0v) is 7.19. The summed E-state index contributed by atoms with van der Waals surface area (Å²) in [6.45, 7) is 0. The van der Waals surface area contributed by atoms with Gasteiger partial charge in [-0.15, -0.1) is 0 Å². The zero-order valence-electron chi connectivity index (χ0n) is 6.38. The van der Waals surface area contributed by atoms with Crippen molar-refractivity contribution in [3.63, 3.8) is 0 Å². The Labute approximate surface area is 75.9 Å². The Kier molecular flexibility index (Phi) is 3.04. The Morgan fingerprint density at radius 3 is 2.38 bits per heavy atom. The monoisotopic (exact) mass is 202 g/mol. The van der Waals surface area contributed by atoms with E-state index in [-0.39, 0.29) is 17.1 Å². The molecule has 0 aliphatic heterocycles. The molecule has 1 aromatic rings. The van der Waals surface area contributed by atoms with Crippen LogP contribution in [0.4, 0.5) is 0 Å². The summed E-state index contributed by atoms with van der Waals surface area (Å²) in [5.74, 6) is -1.18. The van der Waals surface area contributed by atoms with Crippen molar-refractivity contribution in [2.24, 2.45) is 0 Å². The molecule has 70 valence electrons. The van der Waals surface area contributed by atoms with E-state index in [0.29, 0.717) is 0 Å². The highest BCUT2D eigenvalue weighted by molar-refractivity contribution is 7.78. The van der Waals surface area contributed by atoms with Gasteiger partial charge in [-0.3, -0.25) is 0 Å². The van der Waals surface area contributed by atoms with Gasteiger partial charge in [0.1, 0.15) is 11.6 Å². The van der Waals surface area contributed by atoms with Crippen molar-refractivity contribution in [3.8, 4) is 0 Å². The summed E-state index contributed by atoms with van der Waals surface area (Å²) < 4.78 is 18.8. The third-order valence-electron chi connectivity index (χ3n) is 1.20. The number of carbonyl (C=O) groups is 1. The molecule has 1 heterocycles. The molecule has 0 radical (unpaired) electrons. The van der Waals surface area contributed by atoms with Crippen molar-refractivity contribution in [2.45, 2.75) is 5.75 Å². The maximum atomic E-state index is 10.3. The fraction of sp³-hybridized carbons (Fsp3) is 0.167. The summed E-state index contributed by atoms with van der Waals surface area (Å²) >= 11 is -2.01. The van der Waals surface area contributed by atoms with Crippen LogP contribution in [0.25, 0.3) is 0 Å². The Morgan fingerprint density at radius 2 is 2.00 bits per heavy atom. The van der Waals surface area contributed by atoms with Crippen molar-refractivity contribution in [3.05, 3.63) is 23.8 Å². The summed E-state index contributed by atoms with van der Waals surface area (Å²) in [7, 11) is 0. The van der Waals surface area contributed by atoms with Gasteiger partial charge in [0, 0.05) is 12.4 Å². The Bertz CT molecular complexity index is 337. The molecular formula is C6H6N2O4S. The van der Waals surface area contributed by atoms with Gasteiger partial charge >= 0.3 is 5.97 Å². The lowest BCUT2D eigenvalue weighted by molar-refractivity contribution is 0.0696. The third kappa shape index (κ3) is 2.88. The van der Waals surface area contributed by atoms with E-state index in [9.17, 15) is 9.00 Å². The highest BCUT2D eigenvalue weighted by Gasteiger charge is 2.05. The smallest absolute Gasteiger partial charge is 0.338 e. The van der Waals surface area contributed by atoms with Crippen LogP contribution in [-0.2, 0) is 16.8 Å². The first kappa shape index (κ1) is 9.75. The van der Waals surface area contributed by atoms with Gasteiger partial charge in [0.05, 0.1) is 5.56 Å². The van der Waals surface area contributed by atoms with Crippen LogP contribution in [0.5, 0.6) is 0 Å². The maximum Gasteiger partial charge on any atom is 0.338 e. The molecule has 1 aromatic heterocycles. The van der Waals surface area contributed by atoms with Gasteiger partial charge < -0.3 is 9.66 Å². The number of carboxylic acid groups (broad SMARTS) is 1. The fourth-order valence-corrected chi connectivity index (χ4v) is 1.02. The molecule has 0 spiro atoms. The second-order valence-electron chi connectivity index (χ2n) is 2.16. The van der Waals surface area contributed by atoms with E-state index in [0.717, 1.165) is 12.4 Å². The normalized spacial score (nSPS) is 12.4. The van der Waals surface area contributed by atoms with Crippen molar-refractivity contribution in [1.82, 2.24) is 9.97 Å². The molecule has 0 aliphatic carbocycles. The minimum Gasteiger partial charge on any atom is -0.478 e. The number of aromatic carboxylic acids is 1. The first-order chi connectivity index (χ1) is 6.09. The zero-order chi connectivity index (χ0) is 9.84. The third-order valence-corrected chi connectivity index (χ3v) is 1.71. The van der Waals surface area contributed by atoms with E-state index >= 15 is 0 Å². The van der Waals surface area contributed by atoms with Crippen molar-refractivity contribution < 1.29 is 18.7 Å². The number of hydrogen-bond acceptors (Lipinski definition) is 4. The number of carboxylic acids is 1. The van der Waals surface area contributed by atoms with Crippen LogP contribution in [0.15, 0.2) is 12.4 Å². The molecule has 1 rings (SSSR count). The predicted octanol–water partition coefficient (Wildman–Crippen LogP) is -0.104. The molecule has 6 nitrogen and oxygen atoms in total. The first-order valence-corrected chi connectivity index (χ1v) is 4.49. The van der Waals surface area contributed by atoms with E-state index in [1.165, 1.54) is 0 Å². The van der Waals surface area contributed by atoms with Crippen LogP contribution in [0.1, 0.15) is 16.2 Å². The van der Waals surface area contributed by atoms with Crippen LogP contribution in [-0.4, -0.2) is 29.8 Å². The van der Waals surface area contributed by atoms with Gasteiger partial charge in [-0.1, -0.05) is 0 Å². The van der Waals surface area contributed by atoms with Crippen LogP contribution in [0.2, 0.25) is 0 Å². The Hall–Kier alpha value is -1.34. The first-order valence-electron chi connectivity index (χ1n) is 3.21. The van der Waals surface area contributed by atoms with Crippen LogP contribution in [0.3, 0.4) is 0 Å². The van der Waals surface area contributed by atoms with Gasteiger partial charge in [-0.05, 0) is 0 Å². The standard InChI is InChI=1S/C6H6N2O4S/c9-6(10)4-1-7-5(8-2-4)3-13(11)12/h1-2H,3H2,(H,9,10)(H,11,12). The second kappa shape index (κ2) is 4.06. The molecule has 0 fully saturated rings. The fourth-order valence-electron chi connectivity index (χ4n) is 0.650. The van der Waals surface area contributed by atoms with E-state index in [1.807, 2.05) is 0 Å². The molecule has 0 aliphatic rings. The van der Waals surface area contributed by atoms with Gasteiger partial charge in [0.15, 0.2) is 11.1 Å². The van der Waals surface area contributed by atoms with Gasteiger partial charge in [0.2, 0.25) is 0 Å². The highest BCUT2D eigenvalue weighted by atomic mass is 32.2. The summed E-state index contributed by atoms with van der Waals surface area (Å²) in [6, 6.07) is 0. The molecule has 13 heavy (non-hydrogen) atoms. The summed E-state index contributed by atoms with van der Waals surface area (Å²) in [5.41, 5.74) is -0.0486. The lowest BCUT2D eigenvalue weighted by Crippen LogP contribution is -2.03. The molecule has 1 atom stereocenters. The molecule has 1 unspecified atom stereocenters. The van der Waals surface area contributed by atoms with Crippen LogP contribution >= 0.6 is 0 Å². The van der Waals surface area contributed by atoms with Gasteiger partial charge in [-0.2, -0.15) is 0 Å². The van der Waals surface area contributed by atoms with Crippen molar-refractivity contribution >= 4 is 17.0 Å². The minimum absolute atomic E-state index is 0.0486. The maximum absolute atomic E-state index is 10.3. The number of rotatable bonds is 3. The highest BCUT2D eigenvalue weighted by Crippen LogP contribution is 1.97.